The van der Waals surface area contributed by atoms with Gasteiger partial charge < -0.3 is 20.0 Å². The second kappa shape index (κ2) is 6.98. The molecule has 1 aromatic heterocycles. The van der Waals surface area contributed by atoms with E-state index >= 15 is 0 Å². The van der Waals surface area contributed by atoms with Gasteiger partial charge in [0.25, 0.3) is 0 Å². The zero-order valence-corrected chi connectivity index (χ0v) is 17.5. The molecule has 5 rings (SSSR count). The summed E-state index contributed by atoms with van der Waals surface area (Å²) in [4.78, 5) is 15.5. The molecule has 1 aliphatic rings. The Hall–Kier alpha value is -4.07. The number of phenols is 1. The van der Waals surface area contributed by atoms with Gasteiger partial charge in [-0.05, 0) is 62.4 Å². The van der Waals surface area contributed by atoms with Crippen LogP contribution in [0.25, 0.3) is 10.9 Å². The highest BCUT2D eigenvalue weighted by molar-refractivity contribution is 5.96. The Kier molecular flexibility index (Phi) is 4.33. The molecule has 0 saturated carbocycles. The van der Waals surface area contributed by atoms with Crippen molar-refractivity contribution in [2.75, 3.05) is 16.3 Å². The van der Waals surface area contributed by atoms with E-state index in [2.05, 4.69) is 28.9 Å². The number of carbonyl (C=O) groups is 1. The molecule has 0 saturated heterocycles. The number of benzene rings is 3. The molecule has 0 radical (unpaired) electrons. The molecule has 7 nitrogen and oxygen atoms in total. The van der Waals surface area contributed by atoms with Crippen LogP contribution in [0.2, 0.25) is 0 Å². The van der Waals surface area contributed by atoms with E-state index in [0.717, 1.165) is 28.0 Å². The molecular formula is C24H21FN4O3. The van der Waals surface area contributed by atoms with E-state index < -0.39 is 11.5 Å². The number of nitrogens with one attached hydrogen (secondary N) is 1. The zero-order chi connectivity index (χ0) is 22.6. The van der Waals surface area contributed by atoms with Crippen LogP contribution in [0.5, 0.6) is 5.75 Å². The van der Waals surface area contributed by atoms with Gasteiger partial charge in [0, 0.05) is 29.4 Å². The first kappa shape index (κ1) is 19.9. The molecule has 2 heterocycles. The maximum absolute atomic E-state index is 13.6. The Balaban J connectivity index is 1.72. The number of hydrogen-bond acceptors (Lipinski definition) is 5. The van der Waals surface area contributed by atoms with Gasteiger partial charge in [0.15, 0.2) is 0 Å². The van der Waals surface area contributed by atoms with Crippen molar-refractivity contribution in [2.24, 2.45) is 0 Å². The Labute approximate surface area is 183 Å². The minimum absolute atomic E-state index is 0.151. The van der Waals surface area contributed by atoms with Crippen LogP contribution in [0.3, 0.4) is 0 Å². The van der Waals surface area contributed by atoms with Gasteiger partial charge in [-0.3, -0.25) is 5.10 Å². The van der Waals surface area contributed by atoms with Crippen LogP contribution in [0.1, 0.15) is 24.2 Å². The smallest absolute Gasteiger partial charge is 0.339 e. The standard InChI is InChI=1S/C24H21FN4O3/c1-24(2)13-28(17-7-8-18(23(31)32)22(30)10-17)20-11-19-14(12-26-27-19)9-21(20)29(24)16-5-3-15(25)4-6-16/h3-12,30H,13H2,1-2H3,(H,26,27)(H,31,32). The molecule has 162 valence electrons. The summed E-state index contributed by atoms with van der Waals surface area (Å²) in [6, 6.07) is 14.9. The number of H-pyrrole nitrogens is 1. The molecule has 0 aliphatic carbocycles. The second-order valence-electron chi connectivity index (χ2n) is 8.52. The lowest BCUT2D eigenvalue weighted by Gasteiger charge is -2.50. The van der Waals surface area contributed by atoms with Gasteiger partial charge in [-0.25, -0.2) is 9.18 Å². The van der Waals surface area contributed by atoms with Crippen molar-refractivity contribution in [3.8, 4) is 5.75 Å². The first-order valence-corrected chi connectivity index (χ1v) is 10.1. The largest absolute Gasteiger partial charge is 0.507 e. The van der Waals surface area contributed by atoms with E-state index in [-0.39, 0.29) is 17.1 Å². The molecule has 3 N–H and O–H groups in total. The van der Waals surface area contributed by atoms with Gasteiger partial charge in [0.2, 0.25) is 0 Å². The minimum Gasteiger partial charge on any atom is -0.507 e. The van der Waals surface area contributed by atoms with Gasteiger partial charge in [-0.15, -0.1) is 0 Å². The lowest BCUT2D eigenvalue weighted by molar-refractivity contribution is 0.0693. The Morgan fingerprint density at radius 2 is 1.78 bits per heavy atom. The van der Waals surface area contributed by atoms with E-state index in [1.54, 1.807) is 24.4 Å². The number of aromatic carboxylic acids is 1. The molecule has 0 atom stereocenters. The van der Waals surface area contributed by atoms with Crippen molar-refractivity contribution in [2.45, 2.75) is 19.4 Å². The van der Waals surface area contributed by atoms with Crippen LogP contribution in [-0.4, -0.2) is 38.5 Å². The fourth-order valence-electron chi connectivity index (χ4n) is 4.41. The lowest BCUT2D eigenvalue weighted by Crippen LogP contribution is -2.52. The number of aromatic nitrogens is 2. The fourth-order valence-corrected chi connectivity index (χ4v) is 4.41. The Morgan fingerprint density at radius 3 is 2.47 bits per heavy atom. The third-order valence-corrected chi connectivity index (χ3v) is 5.83. The van der Waals surface area contributed by atoms with Crippen molar-refractivity contribution >= 4 is 39.6 Å². The molecular weight excluding hydrogens is 411 g/mol. The molecule has 32 heavy (non-hydrogen) atoms. The van der Waals surface area contributed by atoms with Crippen molar-refractivity contribution in [3.63, 3.8) is 0 Å². The summed E-state index contributed by atoms with van der Waals surface area (Å²) < 4.78 is 13.6. The summed E-state index contributed by atoms with van der Waals surface area (Å²) in [6.07, 6.45) is 1.75. The maximum atomic E-state index is 13.6. The first-order chi connectivity index (χ1) is 15.2. The number of fused-ring (bicyclic) bond motifs is 2. The molecule has 0 bridgehead atoms. The third kappa shape index (κ3) is 3.11. The van der Waals surface area contributed by atoms with Gasteiger partial charge in [0.1, 0.15) is 17.1 Å². The van der Waals surface area contributed by atoms with Gasteiger partial charge in [-0.2, -0.15) is 5.10 Å². The van der Waals surface area contributed by atoms with Crippen molar-refractivity contribution < 1.29 is 19.4 Å². The van der Waals surface area contributed by atoms with Crippen LogP contribution in [0, 0.1) is 5.82 Å². The molecule has 8 heteroatoms. The number of carboxylic acid groups (broad SMARTS) is 1. The van der Waals surface area contributed by atoms with E-state index in [9.17, 15) is 19.4 Å². The summed E-state index contributed by atoms with van der Waals surface area (Å²) in [6.45, 7) is 4.69. The topological polar surface area (TPSA) is 92.7 Å². The van der Waals surface area contributed by atoms with Crippen LogP contribution in [-0.2, 0) is 0 Å². The number of anilines is 4. The Bertz CT molecular complexity index is 1350. The molecule has 1 aliphatic heterocycles. The SMILES string of the molecule is CC1(C)CN(c2ccc(C(=O)O)c(O)c2)c2cc3[nH]ncc3cc2N1c1ccc(F)cc1. The molecule has 0 amide bonds. The van der Waals surface area contributed by atoms with Gasteiger partial charge >= 0.3 is 5.97 Å². The normalized spacial score (nSPS) is 15.1. The highest BCUT2D eigenvalue weighted by Crippen LogP contribution is 2.48. The predicted molar refractivity (Wildman–Crippen MR) is 121 cm³/mol. The molecule has 0 spiro atoms. The number of halogens is 1. The number of carboxylic acids is 1. The average Bonchev–Trinajstić information content (AvgIpc) is 3.19. The van der Waals surface area contributed by atoms with Gasteiger partial charge in [0.05, 0.1) is 28.6 Å². The van der Waals surface area contributed by atoms with Crippen molar-refractivity contribution in [3.05, 3.63) is 72.2 Å². The summed E-state index contributed by atoms with van der Waals surface area (Å²) >= 11 is 0. The van der Waals surface area contributed by atoms with E-state index in [1.807, 2.05) is 17.0 Å². The second-order valence-corrected chi connectivity index (χ2v) is 8.52. The average molecular weight is 432 g/mol. The fraction of sp³-hybridized carbons (Fsp3) is 0.167. The number of aromatic amines is 1. The molecule has 3 aromatic carbocycles. The van der Waals surface area contributed by atoms with E-state index in [4.69, 9.17) is 0 Å². The van der Waals surface area contributed by atoms with Crippen molar-refractivity contribution in [1.29, 1.82) is 0 Å². The Morgan fingerprint density at radius 1 is 1.06 bits per heavy atom. The molecule has 0 unspecified atom stereocenters. The first-order valence-electron chi connectivity index (χ1n) is 10.1. The van der Waals surface area contributed by atoms with Crippen molar-refractivity contribution in [1.82, 2.24) is 10.2 Å². The van der Waals surface area contributed by atoms with E-state index in [0.29, 0.717) is 12.2 Å². The molecule has 0 fully saturated rings. The lowest BCUT2D eigenvalue weighted by atomic mass is 9.93. The predicted octanol–water partition coefficient (Wildman–Crippen LogP) is 5.17. The van der Waals surface area contributed by atoms with Gasteiger partial charge in [-0.1, -0.05) is 0 Å². The summed E-state index contributed by atoms with van der Waals surface area (Å²) in [7, 11) is 0. The number of hydrogen-bond donors (Lipinski definition) is 3. The summed E-state index contributed by atoms with van der Waals surface area (Å²) in [5.41, 5.74) is 3.53. The maximum Gasteiger partial charge on any atom is 0.339 e. The number of aromatic hydroxyl groups is 1. The monoisotopic (exact) mass is 432 g/mol. The van der Waals surface area contributed by atoms with Crippen LogP contribution in [0.4, 0.5) is 27.1 Å². The molecule has 4 aromatic rings. The quantitative estimate of drug-likeness (QED) is 0.413. The highest BCUT2D eigenvalue weighted by Gasteiger charge is 2.39. The van der Waals surface area contributed by atoms with Crippen LogP contribution in [0.15, 0.2) is 60.8 Å². The number of nitrogens with zero attached hydrogens (tertiary/aromatic N) is 3. The highest BCUT2D eigenvalue weighted by atomic mass is 19.1. The van der Waals surface area contributed by atoms with E-state index in [1.165, 1.54) is 24.3 Å². The summed E-state index contributed by atoms with van der Waals surface area (Å²) in [5, 5.41) is 27.6. The minimum atomic E-state index is -1.19. The third-order valence-electron chi connectivity index (χ3n) is 5.83. The van der Waals surface area contributed by atoms with Crippen LogP contribution >= 0.6 is 0 Å². The zero-order valence-electron chi connectivity index (χ0n) is 17.5. The number of rotatable bonds is 3. The van der Waals surface area contributed by atoms with Crippen LogP contribution < -0.4 is 9.80 Å². The summed E-state index contributed by atoms with van der Waals surface area (Å²) in [5.74, 6) is -1.78.